The van der Waals surface area contributed by atoms with Gasteiger partial charge in [-0.05, 0) is 35.4 Å². The Morgan fingerprint density at radius 1 is 1.19 bits per heavy atom. The largest absolute Gasteiger partial charge is 0.351 e. The molecule has 3 aromatic rings. The number of amides is 1. The van der Waals surface area contributed by atoms with Gasteiger partial charge >= 0.3 is 0 Å². The average molecular weight is 384 g/mol. The summed E-state index contributed by atoms with van der Waals surface area (Å²) in [6.07, 6.45) is 3.76. The molecule has 0 bridgehead atoms. The fourth-order valence-electron chi connectivity index (χ4n) is 3.23. The Kier molecular flexibility index (Phi) is 5.43. The molecule has 3 heterocycles. The van der Waals surface area contributed by atoms with Gasteiger partial charge in [-0.15, -0.1) is 22.7 Å². The van der Waals surface area contributed by atoms with Crippen LogP contribution in [0.4, 0.5) is 0 Å². The number of thiazole rings is 1. The number of rotatable bonds is 6. The minimum absolute atomic E-state index is 0.0192. The number of hydrogen-bond acceptors (Lipinski definition) is 5. The van der Waals surface area contributed by atoms with E-state index in [1.54, 1.807) is 17.5 Å². The van der Waals surface area contributed by atoms with Gasteiger partial charge in [0.2, 0.25) is 0 Å². The first-order chi connectivity index (χ1) is 12.8. The molecule has 26 heavy (non-hydrogen) atoms. The number of benzene rings is 1. The van der Waals surface area contributed by atoms with Crippen molar-refractivity contribution < 1.29 is 4.79 Å². The molecule has 6 heteroatoms. The lowest BCUT2D eigenvalue weighted by Gasteiger charge is -2.28. The number of thiophene rings is 1. The van der Waals surface area contributed by atoms with Crippen molar-refractivity contribution in [2.45, 2.75) is 19.4 Å². The summed E-state index contributed by atoms with van der Waals surface area (Å²) in [5.41, 5.74) is 2.91. The first-order valence-electron chi connectivity index (χ1n) is 8.86. The second-order valence-corrected chi connectivity index (χ2v) is 8.39. The number of nitrogens with one attached hydrogen (secondary N) is 1. The fraction of sp³-hybridized carbons (Fsp3) is 0.300. The average Bonchev–Trinajstić information content (AvgIpc) is 3.36. The molecule has 0 spiro atoms. The maximum absolute atomic E-state index is 12.3. The molecule has 0 unspecified atom stereocenters. The Labute approximate surface area is 161 Å². The molecular formula is C20H21N3OS2. The monoisotopic (exact) mass is 383 g/mol. The van der Waals surface area contributed by atoms with Gasteiger partial charge in [0.25, 0.3) is 5.91 Å². The summed E-state index contributed by atoms with van der Waals surface area (Å²) in [5.74, 6) is -0.0192. The van der Waals surface area contributed by atoms with Crippen molar-refractivity contribution in [2.75, 3.05) is 19.6 Å². The zero-order chi connectivity index (χ0) is 17.8. The van der Waals surface area contributed by atoms with Crippen molar-refractivity contribution in [3.05, 3.63) is 64.0 Å². The molecule has 0 fully saturated rings. The van der Waals surface area contributed by atoms with E-state index in [0.29, 0.717) is 11.4 Å². The van der Waals surface area contributed by atoms with Crippen molar-refractivity contribution in [3.8, 4) is 9.88 Å². The summed E-state index contributed by atoms with van der Waals surface area (Å²) in [4.78, 5) is 20.9. The van der Waals surface area contributed by atoms with Crippen LogP contribution in [0.15, 0.2) is 48.0 Å². The third kappa shape index (κ3) is 4.03. The van der Waals surface area contributed by atoms with Crippen LogP contribution in [-0.2, 0) is 13.0 Å². The predicted octanol–water partition coefficient (Wildman–Crippen LogP) is 4.05. The molecule has 1 aliphatic rings. The molecule has 4 nitrogen and oxygen atoms in total. The number of aromatic nitrogens is 1. The second kappa shape index (κ2) is 8.12. The van der Waals surface area contributed by atoms with E-state index >= 15 is 0 Å². The molecule has 2 aromatic heterocycles. The van der Waals surface area contributed by atoms with Crippen LogP contribution < -0.4 is 5.32 Å². The highest BCUT2D eigenvalue weighted by atomic mass is 32.1. The lowest BCUT2D eigenvalue weighted by molar-refractivity contribution is 0.0955. The van der Waals surface area contributed by atoms with Crippen LogP contribution in [-0.4, -0.2) is 35.4 Å². The molecule has 1 amide bonds. The van der Waals surface area contributed by atoms with Gasteiger partial charge in [-0.1, -0.05) is 30.3 Å². The number of hydrogen-bond donors (Lipinski definition) is 1. The normalized spacial score (nSPS) is 14.2. The van der Waals surface area contributed by atoms with Gasteiger partial charge < -0.3 is 5.32 Å². The van der Waals surface area contributed by atoms with Gasteiger partial charge in [-0.25, -0.2) is 4.98 Å². The van der Waals surface area contributed by atoms with E-state index in [-0.39, 0.29) is 5.91 Å². The SMILES string of the molecule is O=C(NCCCN1CCc2ccccc2C1)c1cnc(-c2cccs2)s1. The summed E-state index contributed by atoms with van der Waals surface area (Å²) in [6, 6.07) is 12.7. The fourth-order valence-corrected chi connectivity index (χ4v) is 4.87. The molecule has 4 rings (SSSR count). The van der Waals surface area contributed by atoms with Crippen LogP contribution in [0.2, 0.25) is 0 Å². The first-order valence-corrected chi connectivity index (χ1v) is 10.6. The molecule has 0 saturated carbocycles. The van der Waals surface area contributed by atoms with E-state index in [1.165, 1.54) is 22.5 Å². The van der Waals surface area contributed by atoms with E-state index in [1.807, 2.05) is 17.5 Å². The van der Waals surface area contributed by atoms with Crippen LogP contribution in [0.5, 0.6) is 0 Å². The Bertz CT molecular complexity index is 873. The Morgan fingerprint density at radius 3 is 2.92 bits per heavy atom. The number of fused-ring (bicyclic) bond motifs is 1. The van der Waals surface area contributed by atoms with Crippen LogP contribution in [0.3, 0.4) is 0 Å². The van der Waals surface area contributed by atoms with Crippen molar-refractivity contribution in [1.82, 2.24) is 15.2 Å². The third-order valence-corrected chi connectivity index (χ3v) is 6.64. The summed E-state index contributed by atoms with van der Waals surface area (Å²) >= 11 is 3.10. The van der Waals surface area contributed by atoms with Crippen LogP contribution in [0.1, 0.15) is 27.2 Å². The van der Waals surface area contributed by atoms with Crippen molar-refractivity contribution in [1.29, 1.82) is 0 Å². The molecule has 0 aliphatic carbocycles. The maximum atomic E-state index is 12.3. The number of carbonyl (C=O) groups excluding carboxylic acids is 1. The second-order valence-electron chi connectivity index (χ2n) is 6.41. The van der Waals surface area contributed by atoms with E-state index in [0.717, 1.165) is 42.4 Å². The molecular weight excluding hydrogens is 362 g/mol. The van der Waals surface area contributed by atoms with Crippen LogP contribution in [0.25, 0.3) is 9.88 Å². The zero-order valence-corrected chi connectivity index (χ0v) is 16.1. The Balaban J connectivity index is 1.22. The maximum Gasteiger partial charge on any atom is 0.263 e. The van der Waals surface area contributed by atoms with Gasteiger partial charge in [0.05, 0.1) is 11.1 Å². The quantitative estimate of drug-likeness (QED) is 0.653. The minimum Gasteiger partial charge on any atom is -0.351 e. The van der Waals surface area contributed by atoms with E-state index < -0.39 is 0 Å². The first kappa shape index (κ1) is 17.4. The van der Waals surface area contributed by atoms with E-state index in [4.69, 9.17) is 0 Å². The molecule has 1 aliphatic heterocycles. The van der Waals surface area contributed by atoms with Crippen molar-refractivity contribution in [2.24, 2.45) is 0 Å². The van der Waals surface area contributed by atoms with E-state index in [2.05, 4.69) is 39.5 Å². The lowest BCUT2D eigenvalue weighted by atomic mass is 10.00. The summed E-state index contributed by atoms with van der Waals surface area (Å²) in [7, 11) is 0. The summed E-state index contributed by atoms with van der Waals surface area (Å²) in [5, 5.41) is 5.96. The van der Waals surface area contributed by atoms with Gasteiger partial charge in [0, 0.05) is 26.2 Å². The van der Waals surface area contributed by atoms with Gasteiger partial charge in [0.1, 0.15) is 9.88 Å². The lowest BCUT2D eigenvalue weighted by Crippen LogP contribution is -2.33. The third-order valence-electron chi connectivity index (χ3n) is 4.61. The highest BCUT2D eigenvalue weighted by Gasteiger charge is 2.15. The van der Waals surface area contributed by atoms with Crippen molar-refractivity contribution in [3.63, 3.8) is 0 Å². The number of nitrogens with zero attached hydrogens (tertiary/aromatic N) is 2. The molecule has 1 aromatic carbocycles. The smallest absolute Gasteiger partial charge is 0.263 e. The van der Waals surface area contributed by atoms with Gasteiger partial charge in [-0.2, -0.15) is 0 Å². The molecule has 134 valence electrons. The number of carbonyl (C=O) groups is 1. The highest BCUT2D eigenvalue weighted by molar-refractivity contribution is 7.21. The molecule has 1 N–H and O–H groups in total. The Hall–Kier alpha value is -2.02. The Morgan fingerprint density at radius 2 is 2.08 bits per heavy atom. The van der Waals surface area contributed by atoms with E-state index in [9.17, 15) is 4.79 Å². The van der Waals surface area contributed by atoms with Crippen LogP contribution >= 0.6 is 22.7 Å². The van der Waals surface area contributed by atoms with Gasteiger partial charge in [-0.3, -0.25) is 9.69 Å². The summed E-state index contributed by atoms with van der Waals surface area (Å²) < 4.78 is 0. The highest BCUT2D eigenvalue weighted by Crippen LogP contribution is 2.28. The predicted molar refractivity (Wildman–Crippen MR) is 108 cm³/mol. The van der Waals surface area contributed by atoms with Crippen LogP contribution in [0, 0.1) is 0 Å². The topological polar surface area (TPSA) is 45.2 Å². The minimum atomic E-state index is -0.0192. The van der Waals surface area contributed by atoms with Gasteiger partial charge in [0.15, 0.2) is 0 Å². The summed E-state index contributed by atoms with van der Waals surface area (Å²) in [6.45, 7) is 3.83. The molecule has 0 saturated heterocycles. The standard InChI is InChI=1S/C20H21N3OS2/c24-19(18-13-22-20(26-18)17-7-3-12-25-17)21-9-4-10-23-11-8-15-5-1-2-6-16(15)14-23/h1-3,5-7,12-13H,4,8-11,14H2,(H,21,24). The zero-order valence-electron chi connectivity index (χ0n) is 14.5. The molecule has 0 radical (unpaired) electrons. The van der Waals surface area contributed by atoms with Crippen molar-refractivity contribution >= 4 is 28.6 Å². The molecule has 0 atom stereocenters.